The molecule has 0 bridgehead atoms. The molecule has 0 saturated carbocycles. The molecule has 12 heteroatoms. The fraction of sp³-hybridized carbons (Fsp3) is 0.269. The Kier molecular flexibility index (Phi) is 8.07. The third-order valence-electron chi connectivity index (χ3n) is 5.86. The van der Waals surface area contributed by atoms with E-state index in [-0.39, 0.29) is 46.8 Å². The number of urea groups is 1. The van der Waals surface area contributed by atoms with Crippen molar-refractivity contribution in [2.75, 3.05) is 25.1 Å². The predicted octanol–water partition coefficient (Wildman–Crippen LogP) is 4.28. The van der Waals surface area contributed by atoms with Gasteiger partial charge in [0.05, 0.1) is 47.2 Å². The molecule has 1 aliphatic rings. The number of carbonyl (C=O) groups is 3. The fourth-order valence-corrected chi connectivity index (χ4v) is 4.16. The van der Waals surface area contributed by atoms with Crippen LogP contribution < -0.4 is 10.2 Å². The summed E-state index contributed by atoms with van der Waals surface area (Å²) in [6, 6.07) is 9.87. The van der Waals surface area contributed by atoms with E-state index in [2.05, 4.69) is 5.32 Å². The van der Waals surface area contributed by atoms with Crippen LogP contribution in [-0.2, 0) is 15.7 Å². The molecule has 3 rings (SSSR count). The molecule has 0 aromatic heterocycles. The minimum Gasteiger partial charge on any atom is -0.463 e. The summed E-state index contributed by atoms with van der Waals surface area (Å²) in [5.74, 6) is -1.57. The summed E-state index contributed by atoms with van der Waals surface area (Å²) in [5.41, 5.74) is -0.992. The van der Waals surface area contributed by atoms with Gasteiger partial charge in [-0.3, -0.25) is 9.69 Å². The van der Waals surface area contributed by atoms with Crippen molar-refractivity contribution >= 4 is 23.6 Å². The zero-order chi connectivity index (χ0) is 28.2. The summed E-state index contributed by atoms with van der Waals surface area (Å²) in [7, 11) is 1.33. The number of nitrogens with one attached hydrogen (secondary N) is 1. The summed E-state index contributed by atoms with van der Waals surface area (Å²) in [6.45, 7) is 2.58. The van der Waals surface area contributed by atoms with Gasteiger partial charge < -0.3 is 15.0 Å². The second kappa shape index (κ2) is 11.0. The van der Waals surface area contributed by atoms with E-state index in [0.717, 1.165) is 28.0 Å². The monoisotopic (exact) mass is 525 g/mol. The highest BCUT2D eigenvalue weighted by Gasteiger charge is 2.43. The number of allylic oxidation sites excluding steroid dienone is 1. The molecule has 0 aliphatic carbocycles. The third-order valence-corrected chi connectivity index (χ3v) is 5.86. The van der Waals surface area contributed by atoms with Gasteiger partial charge in [-0.2, -0.15) is 23.7 Å². The topological polar surface area (TPSA) is 127 Å². The summed E-state index contributed by atoms with van der Waals surface area (Å²) in [6.07, 6.45) is -4.67. The Labute approximate surface area is 216 Å². The first-order valence-corrected chi connectivity index (χ1v) is 11.3. The van der Waals surface area contributed by atoms with Crippen molar-refractivity contribution in [2.45, 2.75) is 26.1 Å². The third kappa shape index (κ3) is 5.30. The number of esters is 1. The van der Waals surface area contributed by atoms with Gasteiger partial charge in [0.15, 0.2) is 0 Å². The SMILES string of the molecule is CCOC(=O)C1=C(C)N(c2cccc(C(F)(F)F)c2)C(=O)N(C)C1c1ccc(C#N)cc1C(=O)NCC#N. The Morgan fingerprint density at radius 1 is 1.16 bits per heavy atom. The number of nitriles is 2. The van der Waals surface area contributed by atoms with E-state index in [1.54, 1.807) is 13.0 Å². The van der Waals surface area contributed by atoms with Gasteiger partial charge in [0, 0.05) is 18.3 Å². The molecule has 9 nitrogen and oxygen atoms in total. The zero-order valence-corrected chi connectivity index (χ0v) is 20.6. The van der Waals surface area contributed by atoms with Crippen molar-refractivity contribution in [3.05, 3.63) is 76.0 Å². The maximum Gasteiger partial charge on any atom is 0.416 e. The van der Waals surface area contributed by atoms with E-state index < -0.39 is 35.7 Å². The number of benzene rings is 2. The standard InChI is InChI=1S/C26H22F3N5O4/c1-4-38-24(36)21-15(2)34(18-7-5-6-17(13-18)26(27,28)29)25(37)33(3)22(21)19-9-8-16(14-31)12-20(19)23(35)32-11-10-30/h5-9,12-13,22H,4,11H2,1-3H3,(H,32,35). The Morgan fingerprint density at radius 2 is 1.87 bits per heavy atom. The van der Waals surface area contributed by atoms with Crippen molar-refractivity contribution in [3.8, 4) is 12.1 Å². The van der Waals surface area contributed by atoms with Crippen LogP contribution >= 0.6 is 0 Å². The van der Waals surface area contributed by atoms with Crippen LogP contribution in [0.25, 0.3) is 0 Å². The van der Waals surface area contributed by atoms with Crippen molar-refractivity contribution in [2.24, 2.45) is 0 Å². The Hall–Kier alpha value is -4.84. The molecule has 1 atom stereocenters. The molecule has 1 aliphatic heterocycles. The number of anilines is 1. The Balaban J connectivity index is 2.28. The number of hydrogen-bond acceptors (Lipinski definition) is 6. The highest BCUT2D eigenvalue weighted by atomic mass is 19.4. The molecular formula is C26H22F3N5O4. The Bertz CT molecular complexity index is 1400. The van der Waals surface area contributed by atoms with E-state index in [1.165, 1.54) is 38.2 Å². The molecule has 1 heterocycles. The molecule has 38 heavy (non-hydrogen) atoms. The average molecular weight is 525 g/mol. The molecule has 2 aromatic rings. The van der Waals surface area contributed by atoms with Crippen LogP contribution in [0.3, 0.4) is 0 Å². The van der Waals surface area contributed by atoms with Crippen molar-refractivity contribution < 1.29 is 32.3 Å². The van der Waals surface area contributed by atoms with Gasteiger partial charge in [0.2, 0.25) is 0 Å². The maximum atomic E-state index is 13.6. The van der Waals surface area contributed by atoms with E-state index in [1.807, 2.05) is 6.07 Å². The lowest BCUT2D eigenvalue weighted by Gasteiger charge is -2.41. The summed E-state index contributed by atoms with van der Waals surface area (Å²) in [5, 5.41) is 20.6. The number of halogens is 3. The lowest BCUT2D eigenvalue weighted by molar-refractivity contribution is -0.139. The largest absolute Gasteiger partial charge is 0.463 e. The first-order valence-electron chi connectivity index (χ1n) is 11.3. The number of likely N-dealkylation sites (N-methyl/N-ethyl adjacent to an activating group) is 1. The second-order valence-corrected chi connectivity index (χ2v) is 8.15. The Morgan fingerprint density at radius 3 is 2.47 bits per heavy atom. The van der Waals surface area contributed by atoms with Gasteiger partial charge in [-0.15, -0.1) is 0 Å². The van der Waals surface area contributed by atoms with Crippen LogP contribution in [0, 0.1) is 22.7 Å². The molecule has 0 spiro atoms. The maximum absolute atomic E-state index is 13.6. The number of alkyl halides is 3. The molecule has 0 radical (unpaired) electrons. The highest BCUT2D eigenvalue weighted by molar-refractivity contribution is 6.04. The second-order valence-electron chi connectivity index (χ2n) is 8.15. The first kappa shape index (κ1) is 27.7. The quantitative estimate of drug-likeness (QED) is 0.443. The van der Waals surface area contributed by atoms with Crippen molar-refractivity contribution in [3.63, 3.8) is 0 Å². The number of rotatable bonds is 6. The molecule has 2 aromatic carbocycles. The average Bonchev–Trinajstić information content (AvgIpc) is 2.88. The van der Waals surface area contributed by atoms with Crippen LogP contribution in [0.5, 0.6) is 0 Å². The van der Waals surface area contributed by atoms with Crippen LogP contribution in [0.1, 0.15) is 46.9 Å². The van der Waals surface area contributed by atoms with Gasteiger partial charge >= 0.3 is 18.2 Å². The molecule has 0 saturated heterocycles. The van der Waals surface area contributed by atoms with Gasteiger partial charge in [-0.1, -0.05) is 12.1 Å². The van der Waals surface area contributed by atoms with E-state index in [9.17, 15) is 32.8 Å². The fourth-order valence-electron chi connectivity index (χ4n) is 4.16. The van der Waals surface area contributed by atoms with Crippen molar-refractivity contribution in [1.29, 1.82) is 10.5 Å². The highest BCUT2D eigenvalue weighted by Crippen LogP contribution is 2.41. The molecule has 1 N–H and O–H groups in total. The first-order chi connectivity index (χ1) is 18.0. The van der Waals surface area contributed by atoms with E-state index in [4.69, 9.17) is 10.00 Å². The minimum atomic E-state index is -4.67. The number of carbonyl (C=O) groups excluding carboxylic acids is 3. The number of amides is 3. The summed E-state index contributed by atoms with van der Waals surface area (Å²) < 4.78 is 45.4. The zero-order valence-electron chi connectivity index (χ0n) is 20.6. The summed E-state index contributed by atoms with van der Waals surface area (Å²) in [4.78, 5) is 41.7. The van der Waals surface area contributed by atoms with Gasteiger partial charge in [0.25, 0.3) is 5.91 Å². The lowest BCUT2D eigenvalue weighted by Crippen LogP contribution is -2.49. The van der Waals surface area contributed by atoms with Crippen LogP contribution in [-0.4, -0.2) is 43.0 Å². The van der Waals surface area contributed by atoms with Crippen LogP contribution in [0.15, 0.2) is 53.7 Å². The predicted molar refractivity (Wildman–Crippen MR) is 128 cm³/mol. The number of nitrogens with zero attached hydrogens (tertiary/aromatic N) is 4. The number of ether oxygens (including phenoxy) is 1. The molecule has 1 unspecified atom stereocenters. The van der Waals surface area contributed by atoms with Gasteiger partial charge in [-0.05, 0) is 49.7 Å². The van der Waals surface area contributed by atoms with Gasteiger partial charge in [0.1, 0.15) is 6.54 Å². The van der Waals surface area contributed by atoms with Crippen molar-refractivity contribution in [1.82, 2.24) is 10.2 Å². The minimum absolute atomic E-state index is 0.00335. The molecule has 0 fully saturated rings. The van der Waals surface area contributed by atoms with Crippen LogP contribution in [0.2, 0.25) is 0 Å². The normalized spacial score (nSPS) is 15.6. The van der Waals surface area contributed by atoms with E-state index >= 15 is 0 Å². The van der Waals surface area contributed by atoms with Crippen LogP contribution in [0.4, 0.5) is 23.7 Å². The number of hydrogen-bond donors (Lipinski definition) is 1. The molecule has 196 valence electrons. The lowest BCUT2D eigenvalue weighted by atomic mass is 9.89. The van der Waals surface area contributed by atoms with E-state index in [0.29, 0.717) is 0 Å². The molecule has 3 amide bonds. The smallest absolute Gasteiger partial charge is 0.416 e. The molecular weight excluding hydrogens is 503 g/mol. The van der Waals surface area contributed by atoms with Gasteiger partial charge in [-0.25, -0.2) is 9.59 Å². The summed E-state index contributed by atoms with van der Waals surface area (Å²) >= 11 is 0.